The molecule has 0 saturated heterocycles. The van der Waals surface area contributed by atoms with Crippen molar-refractivity contribution in [2.45, 2.75) is 34.6 Å². The maximum atomic E-state index is 10.8. The molecule has 1 aromatic rings. The van der Waals surface area contributed by atoms with Crippen molar-refractivity contribution < 1.29 is 9.90 Å². The fourth-order valence-corrected chi connectivity index (χ4v) is 1.44. The number of nitrogens with two attached hydrogens (primary N) is 1. The van der Waals surface area contributed by atoms with Gasteiger partial charge < -0.3 is 16.2 Å². The van der Waals surface area contributed by atoms with Gasteiger partial charge in [0.2, 0.25) is 0 Å². The number of hydrogen-bond acceptors (Lipinski definition) is 3. The minimum absolute atomic E-state index is 0.0882. The second-order valence-electron chi connectivity index (χ2n) is 6.59. The van der Waals surface area contributed by atoms with E-state index in [0.29, 0.717) is 5.69 Å². The Balaban J connectivity index is 2.82. The highest BCUT2D eigenvalue weighted by Crippen LogP contribution is 2.38. The summed E-state index contributed by atoms with van der Waals surface area (Å²) in [7, 11) is 0. The van der Waals surface area contributed by atoms with Crippen LogP contribution in [0.3, 0.4) is 0 Å². The molecule has 4 N–H and O–H groups in total. The van der Waals surface area contributed by atoms with Gasteiger partial charge in [0.05, 0.1) is 16.9 Å². The van der Waals surface area contributed by atoms with Crippen molar-refractivity contribution in [3.05, 3.63) is 23.8 Å². The maximum absolute atomic E-state index is 10.8. The summed E-state index contributed by atoms with van der Waals surface area (Å²) in [6.07, 6.45) is 0. The molecule has 0 bridgehead atoms. The average Bonchev–Trinajstić information content (AvgIpc) is 2.25. The molecular weight excluding hydrogens is 240 g/mol. The van der Waals surface area contributed by atoms with Crippen molar-refractivity contribution in [1.82, 2.24) is 0 Å². The molecule has 0 aliphatic rings. The average molecular weight is 264 g/mol. The van der Waals surface area contributed by atoms with Crippen molar-refractivity contribution in [3.63, 3.8) is 0 Å². The van der Waals surface area contributed by atoms with E-state index in [9.17, 15) is 4.79 Å². The molecule has 0 radical (unpaired) electrons. The van der Waals surface area contributed by atoms with E-state index < -0.39 is 5.97 Å². The monoisotopic (exact) mass is 264 g/mol. The molecule has 0 saturated carbocycles. The van der Waals surface area contributed by atoms with E-state index in [0.717, 1.165) is 12.2 Å². The van der Waals surface area contributed by atoms with Gasteiger partial charge in [-0.1, -0.05) is 34.6 Å². The highest BCUT2D eigenvalue weighted by Gasteiger charge is 2.32. The van der Waals surface area contributed by atoms with Gasteiger partial charge in [-0.2, -0.15) is 0 Å². The van der Waals surface area contributed by atoms with E-state index in [-0.39, 0.29) is 16.4 Å². The van der Waals surface area contributed by atoms with Crippen LogP contribution in [0.5, 0.6) is 0 Å². The first-order chi connectivity index (χ1) is 8.54. The molecule has 1 aromatic carbocycles. The van der Waals surface area contributed by atoms with Gasteiger partial charge in [-0.05, 0) is 29.0 Å². The lowest BCUT2D eigenvalue weighted by Gasteiger charge is -2.39. The summed E-state index contributed by atoms with van der Waals surface area (Å²) < 4.78 is 0. The molecule has 0 aliphatic heterocycles. The Kier molecular flexibility index (Phi) is 4.13. The number of carbonyl (C=O) groups is 1. The zero-order valence-electron chi connectivity index (χ0n) is 12.4. The second-order valence-corrected chi connectivity index (χ2v) is 6.59. The van der Waals surface area contributed by atoms with Gasteiger partial charge in [0, 0.05) is 6.54 Å². The summed E-state index contributed by atoms with van der Waals surface area (Å²) in [5.41, 5.74) is 7.57. The van der Waals surface area contributed by atoms with Crippen LogP contribution in [0.4, 0.5) is 11.4 Å². The molecule has 0 amide bonds. The number of carboxylic acid groups (broad SMARTS) is 1. The van der Waals surface area contributed by atoms with Gasteiger partial charge in [0.15, 0.2) is 0 Å². The predicted molar refractivity (Wildman–Crippen MR) is 79.5 cm³/mol. The highest BCUT2D eigenvalue weighted by molar-refractivity contribution is 5.90. The lowest BCUT2D eigenvalue weighted by molar-refractivity contribution is 0.0697. The molecular formula is C15H24N2O2. The number of aromatic carboxylic acids is 1. The van der Waals surface area contributed by atoms with E-state index in [4.69, 9.17) is 10.8 Å². The number of benzene rings is 1. The number of nitrogens with one attached hydrogen (secondary N) is 1. The molecule has 0 unspecified atom stereocenters. The Morgan fingerprint density at radius 3 is 2.26 bits per heavy atom. The SMILES string of the molecule is CC(C)(C)C(C)(C)CNc1ccc(C(=O)O)cc1N. The van der Waals surface area contributed by atoms with E-state index >= 15 is 0 Å². The van der Waals surface area contributed by atoms with Crippen LogP contribution in [-0.2, 0) is 0 Å². The van der Waals surface area contributed by atoms with Crippen molar-refractivity contribution in [2.24, 2.45) is 10.8 Å². The minimum Gasteiger partial charge on any atom is -0.478 e. The van der Waals surface area contributed by atoms with Crippen LogP contribution in [0.15, 0.2) is 18.2 Å². The second kappa shape index (κ2) is 5.11. The number of anilines is 2. The van der Waals surface area contributed by atoms with Gasteiger partial charge in [0.25, 0.3) is 0 Å². The summed E-state index contributed by atoms with van der Waals surface area (Å²) in [5, 5.41) is 12.2. The third-order valence-corrected chi connectivity index (χ3v) is 4.05. The Morgan fingerprint density at radius 2 is 1.84 bits per heavy atom. The number of rotatable bonds is 4. The Hall–Kier alpha value is -1.71. The molecule has 4 nitrogen and oxygen atoms in total. The first-order valence-corrected chi connectivity index (χ1v) is 6.41. The minimum atomic E-state index is -0.965. The molecule has 19 heavy (non-hydrogen) atoms. The molecule has 0 heterocycles. The topological polar surface area (TPSA) is 75.3 Å². The summed E-state index contributed by atoms with van der Waals surface area (Å²) in [6.45, 7) is 11.8. The molecule has 1 rings (SSSR count). The van der Waals surface area contributed by atoms with Crippen LogP contribution < -0.4 is 11.1 Å². The summed E-state index contributed by atoms with van der Waals surface area (Å²) in [6, 6.07) is 4.76. The van der Waals surface area contributed by atoms with Gasteiger partial charge >= 0.3 is 5.97 Å². The van der Waals surface area contributed by atoms with Crippen molar-refractivity contribution in [1.29, 1.82) is 0 Å². The number of hydrogen-bond donors (Lipinski definition) is 3. The van der Waals surface area contributed by atoms with Crippen LogP contribution in [0, 0.1) is 10.8 Å². The van der Waals surface area contributed by atoms with E-state index in [1.165, 1.54) is 6.07 Å². The van der Waals surface area contributed by atoms with Gasteiger partial charge in [0.1, 0.15) is 0 Å². The number of carboxylic acids is 1. The van der Waals surface area contributed by atoms with Crippen molar-refractivity contribution in [2.75, 3.05) is 17.6 Å². The molecule has 0 aliphatic carbocycles. The fraction of sp³-hybridized carbons (Fsp3) is 0.533. The van der Waals surface area contributed by atoms with Crippen LogP contribution in [0.1, 0.15) is 45.0 Å². The zero-order valence-corrected chi connectivity index (χ0v) is 12.4. The quantitative estimate of drug-likeness (QED) is 0.728. The molecule has 0 aromatic heterocycles. The third-order valence-electron chi connectivity index (χ3n) is 4.05. The van der Waals surface area contributed by atoms with Crippen LogP contribution in [-0.4, -0.2) is 17.6 Å². The highest BCUT2D eigenvalue weighted by atomic mass is 16.4. The van der Waals surface area contributed by atoms with E-state index in [1.54, 1.807) is 12.1 Å². The van der Waals surface area contributed by atoms with E-state index in [2.05, 4.69) is 39.9 Å². The smallest absolute Gasteiger partial charge is 0.335 e. The van der Waals surface area contributed by atoms with Gasteiger partial charge in [-0.3, -0.25) is 0 Å². The van der Waals surface area contributed by atoms with E-state index in [1.807, 2.05) is 0 Å². The lowest BCUT2D eigenvalue weighted by Crippen LogP contribution is -2.36. The van der Waals surface area contributed by atoms with Crippen molar-refractivity contribution >= 4 is 17.3 Å². The molecule has 4 heteroatoms. The number of nitrogen functional groups attached to an aromatic ring is 1. The largest absolute Gasteiger partial charge is 0.478 e. The molecule has 0 spiro atoms. The van der Waals surface area contributed by atoms with Crippen LogP contribution >= 0.6 is 0 Å². The van der Waals surface area contributed by atoms with Gasteiger partial charge in [-0.25, -0.2) is 4.79 Å². The van der Waals surface area contributed by atoms with Crippen LogP contribution in [0.2, 0.25) is 0 Å². The molecule has 106 valence electrons. The molecule has 0 fully saturated rings. The first kappa shape index (κ1) is 15.3. The van der Waals surface area contributed by atoms with Gasteiger partial charge in [-0.15, -0.1) is 0 Å². The van der Waals surface area contributed by atoms with Crippen molar-refractivity contribution in [3.8, 4) is 0 Å². The summed E-state index contributed by atoms with van der Waals surface area (Å²) in [5.74, 6) is -0.965. The zero-order chi connectivity index (χ0) is 14.8. The normalized spacial score (nSPS) is 12.3. The standard InChI is InChI=1S/C15H24N2O2/c1-14(2,3)15(4,5)9-17-12-7-6-10(13(18)19)8-11(12)16/h6-8,17H,9,16H2,1-5H3,(H,18,19). The Labute approximate surface area is 115 Å². The molecule has 0 atom stereocenters. The Bertz CT molecular complexity index is 474. The lowest BCUT2D eigenvalue weighted by atomic mass is 9.69. The first-order valence-electron chi connectivity index (χ1n) is 6.41. The predicted octanol–water partition coefficient (Wildman–Crippen LogP) is 3.45. The fourth-order valence-electron chi connectivity index (χ4n) is 1.44. The maximum Gasteiger partial charge on any atom is 0.335 e. The third kappa shape index (κ3) is 3.63. The summed E-state index contributed by atoms with van der Waals surface area (Å²) >= 11 is 0. The van der Waals surface area contributed by atoms with Crippen LogP contribution in [0.25, 0.3) is 0 Å². The summed E-state index contributed by atoms with van der Waals surface area (Å²) in [4.78, 5) is 10.8. The Morgan fingerprint density at radius 1 is 1.26 bits per heavy atom.